The first-order chi connectivity index (χ1) is 8.60. The maximum Gasteiger partial charge on any atom is 0.327 e. The van der Waals surface area contributed by atoms with Crippen LogP contribution < -0.4 is 5.32 Å². The highest BCUT2D eigenvalue weighted by Gasteiger charge is 2.12. The number of esters is 1. The third kappa shape index (κ3) is 2.82. The van der Waals surface area contributed by atoms with E-state index in [0.717, 1.165) is 20.9 Å². The van der Waals surface area contributed by atoms with Gasteiger partial charge < -0.3 is 10.1 Å². The van der Waals surface area contributed by atoms with Gasteiger partial charge in [-0.05, 0) is 42.0 Å². The van der Waals surface area contributed by atoms with Gasteiger partial charge in [0.2, 0.25) is 0 Å². The Morgan fingerprint density at radius 2 is 1.89 bits per heavy atom. The molecule has 1 atom stereocenters. The number of benzene rings is 2. The van der Waals surface area contributed by atoms with Crippen molar-refractivity contribution >= 4 is 38.4 Å². The lowest BCUT2D eigenvalue weighted by molar-refractivity contribution is -0.141. The Morgan fingerprint density at radius 1 is 1.22 bits per heavy atom. The summed E-state index contributed by atoms with van der Waals surface area (Å²) in [5.41, 5.74) is 0.905. The largest absolute Gasteiger partial charge is 0.467 e. The number of carbonyl (C=O) groups excluding carboxylic acids is 1. The maximum absolute atomic E-state index is 11.3. The van der Waals surface area contributed by atoms with Gasteiger partial charge >= 0.3 is 5.97 Å². The van der Waals surface area contributed by atoms with E-state index in [1.807, 2.05) is 30.3 Å². The normalized spacial score (nSPS) is 12.2. The summed E-state index contributed by atoms with van der Waals surface area (Å²) in [6.07, 6.45) is 0. The van der Waals surface area contributed by atoms with Gasteiger partial charge in [-0.2, -0.15) is 0 Å². The first-order valence-corrected chi connectivity index (χ1v) is 6.43. The van der Waals surface area contributed by atoms with E-state index in [4.69, 9.17) is 0 Å². The Labute approximate surface area is 114 Å². The fourth-order valence-corrected chi connectivity index (χ4v) is 2.17. The lowest BCUT2D eigenvalue weighted by atomic mass is 10.1. The van der Waals surface area contributed by atoms with E-state index in [9.17, 15) is 4.79 Å². The van der Waals surface area contributed by atoms with Crippen molar-refractivity contribution in [1.29, 1.82) is 0 Å². The van der Waals surface area contributed by atoms with E-state index in [2.05, 4.69) is 32.0 Å². The summed E-state index contributed by atoms with van der Waals surface area (Å²) in [6, 6.07) is 11.7. The zero-order chi connectivity index (χ0) is 13.1. The molecular formula is C14H14BrNO2. The summed E-state index contributed by atoms with van der Waals surface area (Å²) in [4.78, 5) is 11.3. The van der Waals surface area contributed by atoms with Crippen LogP contribution in [0.15, 0.2) is 40.9 Å². The minimum atomic E-state index is -0.358. The molecule has 0 saturated carbocycles. The molecule has 1 unspecified atom stereocenters. The van der Waals surface area contributed by atoms with Crippen molar-refractivity contribution in [1.82, 2.24) is 0 Å². The van der Waals surface area contributed by atoms with Crippen LogP contribution in [-0.4, -0.2) is 19.1 Å². The van der Waals surface area contributed by atoms with Crippen molar-refractivity contribution in [3.05, 3.63) is 40.9 Å². The number of fused-ring (bicyclic) bond motifs is 1. The molecule has 2 aromatic rings. The lowest BCUT2D eigenvalue weighted by Gasteiger charge is -2.13. The fourth-order valence-electron chi connectivity index (χ4n) is 1.79. The van der Waals surface area contributed by atoms with Gasteiger partial charge in [-0.1, -0.05) is 28.1 Å². The molecule has 1 N–H and O–H groups in total. The third-order valence-corrected chi connectivity index (χ3v) is 3.23. The predicted molar refractivity (Wildman–Crippen MR) is 76.7 cm³/mol. The van der Waals surface area contributed by atoms with E-state index in [1.54, 1.807) is 6.92 Å². The van der Waals surface area contributed by atoms with Gasteiger partial charge in [-0.25, -0.2) is 4.79 Å². The summed E-state index contributed by atoms with van der Waals surface area (Å²) >= 11 is 3.44. The molecule has 2 aromatic carbocycles. The van der Waals surface area contributed by atoms with Crippen LogP contribution in [0.1, 0.15) is 6.92 Å². The Morgan fingerprint density at radius 3 is 2.61 bits per heavy atom. The van der Waals surface area contributed by atoms with Crippen molar-refractivity contribution in [2.75, 3.05) is 12.4 Å². The van der Waals surface area contributed by atoms with Gasteiger partial charge in [-0.15, -0.1) is 0 Å². The van der Waals surface area contributed by atoms with Crippen molar-refractivity contribution in [3.8, 4) is 0 Å². The Bertz CT molecular complexity index is 583. The topological polar surface area (TPSA) is 38.3 Å². The van der Waals surface area contributed by atoms with E-state index >= 15 is 0 Å². The smallest absolute Gasteiger partial charge is 0.327 e. The molecule has 94 valence electrons. The minimum Gasteiger partial charge on any atom is -0.467 e. The number of anilines is 1. The number of methoxy groups -OCH3 is 1. The van der Waals surface area contributed by atoms with E-state index in [-0.39, 0.29) is 12.0 Å². The van der Waals surface area contributed by atoms with Crippen LogP contribution in [0.5, 0.6) is 0 Å². The second kappa shape index (κ2) is 5.40. The van der Waals surface area contributed by atoms with Crippen LogP contribution in [0.2, 0.25) is 0 Å². The summed E-state index contributed by atoms with van der Waals surface area (Å²) in [5, 5.41) is 5.39. The van der Waals surface area contributed by atoms with Crippen LogP contribution in [-0.2, 0) is 9.53 Å². The molecule has 0 aliphatic heterocycles. The van der Waals surface area contributed by atoms with Gasteiger partial charge in [0.1, 0.15) is 6.04 Å². The van der Waals surface area contributed by atoms with E-state index in [1.165, 1.54) is 7.11 Å². The molecule has 0 amide bonds. The van der Waals surface area contributed by atoms with Gasteiger partial charge in [0.05, 0.1) is 7.11 Å². The van der Waals surface area contributed by atoms with E-state index in [0.29, 0.717) is 0 Å². The number of nitrogens with one attached hydrogen (secondary N) is 1. The highest BCUT2D eigenvalue weighted by atomic mass is 79.9. The van der Waals surface area contributed by atoms with Crippen LogP contribution in [0.3, 0.4) is 0 Å². The van der Waals surface area contributed by atoms with Gasteiger partial charge in [0.25, 0.3) is 0 Å². The number of hydrogen-bond acceptors (Lipinski definition) is 3. The summed E-state index contributed by atoms with van der Waals surface area (Å²) in [5.74, 6) is -0.272. The highest BCUT2D eigenvalue weighted by molar-refractivity contribution is 9.10. The van der Waals surface area contributed by atoms with Crippen molar-refractivity contribution in [2.45, 2.75) is 13.0 Å². The van der Waals surface area contributed by atoms with Gasteiger partial charge in [0, 0.05) is 10.2 Å². The first-order valence-electron chi connectivity index (χ1n) is 5.64. The first kappa shape index (κ1) is 12.9. The van der Waals surface area contributed by atoms with Crippen LogP contribution >= 0.6 is 15.9 Å². The average molecular weight is 308 g/mol. The number of ether oxygens (including phenoxy) is 1. The molecule has 0 spiro atoms. The fraction of sp³-hybridized carbons (Fsp3) is 0.214. The standard InChI is InChI=1S/C14H14BrNO2/c1-9(14(17)18-2)16-13-6-4-10-7-12(15)5-3-11(10)8-13/h3-9,16H,1-2H3. The molecule has 0 aliphatic rings. The van der Waals surface area contributed by atoms with Gasteiger partial charge in [0.15, 0.2) is 0 Å². The minimum absolute atomic E-state index is 0.272. The lowest BCUT2D eigenvalue weighted by Crippen LogP contribution is -2.27. The van der Waals surface area contributed by atoms with Crippen LogP contribution in [0.4, 0.5) is 5.69 Å². The molecule has 0 aliphatic carbocycles. The molecule has 2 rings (SSSR count). The summed E-state index contributed by atoms with van der Waals surface area (Å²) < 4.78 is 5.73. The average Bonchev–Trinajstić information content (AvgIpc) is 2.38. The van der Waals surface area contributed by atoms with Gasteiger partial charge in [-0.3, -0.25) is 0 Å². The zero-order valence-corrected chi connectivity index (χ0v) is 11.8. The van der Waals surface area contributed by atoms with Crippen LogP contribution in [0.25, 0.3) is 10.8 Å². The molecule has 0 radical (unpaired) electrons. The van der Waals surface area contributed by atoms with Crippen LogP contribution in [0, 0.1) is 0 Å². The molecule has 0 fully saturated rings. The molecule has 0 bridgehead atoms. The SMILES string of the molecule is COC(=O)C(C)Nc1ccc2cc(Br)ccc2c1. The summed E-state index contributed by atoms with van der Waals surface area (Å²) in [6.45, 7) is 1.78. The molecule has 18 heavy (non-hydrogen) atoms. The number of halogens is 1. The van der Waals surface area contributed by atoms with E-state index < -0.39 is 0 Å². The number of carbonyl (C=O) groups is 1. The Hall–Kier alpha value is -1.55. The monoisotopic (exact) mass is 307 g/mol. The second-order valence-corrected chi connectivity index (χ2v) is 5.01. The maximum atomic E-state index is 11.3. The molecular weight excluding hydrogens is 294 g/mol. The Balaban J connectivity index is 2.25. The Kier molecular flexibility index (Phi) is 3.87. The quantitative estimate of drug-likeness (QED) is 0.881. The third-order valence-electron chi connectivity index (χ3n) is 2.74. The highest BCUT2D eigenvalue weighted by Crippen LogP contribution is 2.23. The zero-order valence-electron chi connectivity index (χ0n) is 10.2. The molecule has 0 aromatic heterocycles. The van der Waals surface area contributed by atoms with Crippen molar-refractivity contribution in [3.63, 3.8) is 0 Å². The number of hydrogen-bond donors (Lipinski definition) is 1. The predicted octanol–water partition coefficient (Wildman–Crippen LogP) is 3.58. The van der Waals surface area contributed by atoms with Crippen molar-refractivity contribution in [2.24, 2.45) is 0 Å². The number of rotatable bonds is 3. The summed E-state index contributed by atoms with van der Waals surface area (Å²) in [7, 11) is 1.39. The molecule has 0 saturated heterocycles. The molecule has 3 nitrogen and oxygen atoms in total. The van der Waals surface area contributed by atoms with Crippen molar-refractivity contribution < 1.29 is 9.53 Å². The molecule has 4 heteroatoms. The molecule has 0 heterocycles. The second-order valence-electron chi connectivity index (χ2n) is 4.10.